The molecule has 3 aromatic rings. The molecule has 1 unspecified atom stereocenters. The fourth-order valence-electron chi connectivity index (χ4n) is 3.44. The van der Waals surface area contributed by atoms with Gasteiger partial charge >= 0.3 is 0 Å². The highest BCUT2D eigenvalue weighted by molar-refractivity contribution is 5.84. The Hall–Kier alpha value is -2.81. The van der Waals surface area contributed by atoms with E-state index in [1.54, 1.807) is 0 Å². The van der Waals surface area contributed by atoms with Crippen LogP contribution in [0.15, 0.2) is 66.7 Å². The summed E-state index contributed by atoms with van der Waals surface area (Å²) in [7, 11) is 0. The number of hydrogen-bond donors (Lipinski definition) is 0. The topological polar surface area (TPSA) is 29.5 Å². The van der Waals surface area contributed by atoms with Gasteiger partial charge in [0, 0.05) is 13.1 Å². The summed E-state index contributed by atoms with van der Waals surface area (Å²) in [5.74, 6) is 0.777. The first-order chi connectivity index (χ1) is 12.2. The van der Waals surface area contributed by atoms with Crippen LogP contribution in [-0.2, 0) is 17.8 Å². The van der Waals surface area contributed by atoms with E-state index in [9.17, 15) is 4.79 Å². The van der Waals surface area contributed by atoms with Crippen molar-refractivity contribution < 1.29 is 9.53 Å². The zero-order valence-electron chi connectivity index (χ0n) is 14.3. The number of carbonyl (C=O) groups excluding carboxylic acids is 1. The third-order valence-corrected chi connectivity index (χ3v) is 4.82. The molecule has 0 spiro atoms. The lowest BCUT2D eigenvalue weighted by Gasteiger charge is -2.31. The predicted octanol–water partition coefficient (Wildman–Crippen LogP) is 4.19. The molecule has 1 heterocycles. The van der Waals surface area contributed by atoms with Gasteiger partial charge in [-0.25, -0.2) is 0 Å². The number of ether oxygens (including phenoxy) is 1. The fourth-order valence-corrected chi connectivity index (χ4v) is 3.44. The molecule has 1 aliphatic rings. The van der Waals surface area contributed by atoms with Gasteiger partial charge in [0.15, 0.2) is 6.10 Å². The van der Waals surface area contributed by atoms with Crippen molar-refractivity contribution in [1.29, 1.82) is 0 Å². The zero-order chi connectivity index (χ0) is 17.2. The van der Waals surface area contributed by atoms with Crippen molar-refractivity contribution in [2.24, 2.45) is 0 Å². The van der Waals surface area contributed by atoms with Crippen molar-refractivity contribution in [3.05, 3.63) is 77.9 Å². The van der Waals surface area contributed by atoms with E-state index >= 15 is 0 Å². The van der Waals surface area contributed by atoms with E-state index in [1.807, 2.05) is 48.2 Å². The average Bonchev–Trinajstić information content (AvgIpc) is 2.67. The standard InChI is InChI=1S/C22H21NO2/c1-16(25-21-11-10-17-6-2-4-8-19(17)14-21)22(24)23-13-12-18-7-3-5-9-20(18)15-23/h2-11,14,16H,12-13,15H2,1H3. The molecule has 0 aromatic heterocycles. The summed E-state index contributed by atoms with van der Waals surface area (Å²) in [6.45, 7) is 3.25. The molecule has 1 amide bonds. The molecule has 4 rings (SSSR count). The molecular formula is C22H21NO2. The Balaban J connectivity index is 1.47. The molecule has 0 bridgehead atoms. The predicted molar refractivity (Wildman–Crippen MR) is 99.6 cm³/mol. The quantitative estimate of drug-likeness (QED) is 0.720. The fraction of sp³-hybridized carbons (Fsp3) is 0.227. The lowest BCUT2D eigenvalue weighted by molar-refractivity contribution is -0.138. The second kappa shape index (κ2) is 6.60. The molecule has 3 heteroatoms. The molecule has 1 aliphatic heterocycles. The summed E-state index contributed by atoms with van der Waals surface area (Å²) in [4.78, 5) is 14.7. The highest BCUT2D eigenvalue weighted by Crippen LogP contribution is 2.23. The summed E-state index contributed by atoms with van der Waals surface area (Å²) in [5.41, 5.74) is 2.58. The van der Waals surface area contributed by atoms with Gasteiger partial charge in [-0.2, -0.15) is 0 Å². The van der Waals surface area contributed by atoms with Crippen LogP contribution in [0, 0.1) is 0 Å². The molecule has 0 saturated heterocycles. The van der Waals surface area contributed by atoms with Crippen molar-refractivity contribution >= 4 is 16.7 Å². The van der Waals surface area contributed by atoms with Crippen LogP contribution in [-0.4, -0.2) is 23.5 Å². The molecular weight excluding hydrogens is 310 g/mol. The summed E-state index contributed by atoms with van der Waals surface area (Å²) < 4.78 is 5.93. The van der Waals surface area contributed by atoms with Gasteiger partial charge in [0.2, 0.25) is 0 Å². The van der Waals surface area contributed by atoms with Gasteiger partial charge < -0.3 is 9.64 Å². The Morgan fingerprint density at radius 1 is 0.960 bits per heavy atom. The third-order valence-electron chi connectivity index (χ3n) is 4.82. The summed E-state index contributed by atoms with van der Waals surface area (Å²) in [6.07, 6.45) is 0.413. The Bertz CT molecular complexity index is 919. The number of benzene rings is 3. The minimum Gasteiger partial charge on any atom is -0.481 e. The zero-order valence-corrected chi connectivity index (χ0v) is 14.3. The van der Waals surface area contributed by atoms with Gasteiger partial charge in [-0.15, -0.1) is 0 Å². The van der Waals surface area contributed by atoms with E-state index < -0.39 is 6.10 Å². The van der Waals surface area contributed by atoms with E-state index in [-0.39, 0.29) is 5.91 Å². The van der Waals surface area contributed by atoms with Crippen LogP contribution in [0.1, 0.15) is 18.1 Å². The second-order valence-electron chi connectivity index (χ2n) is 6.55. The van der Waals surface area contributed by atoms with Crippen molar-refractivity contribution in [3.63, 3.8) is 0 Å². The number of hydrogen-bond acceptors (Lipinski definition) is 2. The average molecular weight is 331 g/mol. The maximum Gasteiger partial charge on any atom is 0.263 e. The Morgan fingerprint density at radius 3 is 2.52 bits per heavy atom. The monoisotopic (exact) mass is 331 g/mol. The van der Waals surface area contributed by atoms with Crippen molar-refractivity contribution in [1.82, 2.24) is 4.90 Å². The maximum atomic E-state index is 12.8. The molecule has 25 heavy (non-hydrogen) atoms. The lowest BCUT2D eigenvalue weighted by Crippen LogP contribution is -2.43. The molecule has 0 fully saturated rings. The molecule has 1 atom stereocenters. The first-order valence-electron chi connectivity index (χ1n) is 8.72. The van der Waals surface area contributed by atoms with Gasteiger partial charge in [0.05, 0.1) is 0 Å². The molecule has 126 valence electrons. The first-order valence-corrected chi connectivity index (χ1v) is 8.72. The van der Waals surface area contributed by atoms with E-state index in [4.69, 9.17) is 4.74 Å². The molecule has 3 nitrogen and oxygen atoms in total. The number of nitrogens with zero attached hydrogens (tertiary/aromatic N) is 1. The molecule has 0 radical (unpaired) electrons. The third kappa shape index (κ3) is 3.22. The Morgan fingerprint density at radius 2 is 1.68 bits per heavy atom. The van der Waals surface area contributed by atoms with Gasteiger partial charge in [0.1, 0.15) is 5.75 Å². The highest BCUT2D eigenvalue weighted by atomic mass is 16.5. The molecule has 3 aromatic carbocycles. The number of amides is 1. The summed E-state index contributed by atoms with van der Waals surface area (Å²) in [5, 5.41) is 2.29. The van der Waals surface area contributed by atoms with Crippen LogP contribution < -0.4 is 4.74 Å². The maximum absolute atomic E-state index is 12.8. The minimum absolute atomic E-state index is 0.0441. The van der Waals surface area contributed by atoms with E-state index in [1.165, 1.54) is 16.5 Å². The lowest BCUT2D eigenvalue weighted by atomic mass is 9.99. The van der Waals surface area contributed by atoms with E-state index in [0.717, 1.165) is 24.1 Å². The largest absolute Gasteiger partial charge is 0.481 e. The Kier molecular flexibility index (Phi) is 4.14. The summed E-state index contributed by atoms with van der Waals surface area (Å²) in [6, 6.07) is 22.4. The van der Waals surface area contributed by atoms with Crippen LogP contribution in [0.25, 0.3) is 10.8 Å². The van der Waals surface area contributed by atoms with Crippen LogP contribution in [0.5, 0.6) is 5.75 Å². The van der Waals surface area contributed by atoms with E-state index in [0.29, 0.717) is 6.54 Å². The number of carbonyl (C=O) groups is 1. The molecule has 0 aliphatic carbocycles. The number of rotatable bonds is 3. The summed E-state index contributed by atoms with van der Waals surface area (Å²) >= 11 is 0. The normalized spacial score (nSPS) is 14.8. The Labute approximate surface area is 147 Å². The smallest absolute Gasteiger partial charge is 0.263 e. The van der Waals surface area contributed by atoms with Crippen molar-refractivity contribution in [3.8, 4) is 5.75 Å². The van der Waals surface area contributed by atoms with Gasteiger partial charge in [-0.1, -0.05) is 54.6 Å². The highest BCUT2D eigenvalue weighted by Gasteiger charge is 2.25. The van der Waals surface area contributed by atoms with Gasteiger partial charge in [-0.05, 0) is 47.4 Å². The minimum atomic E-state index is -0.494. The second-order valence-corrected chi connectivity index (χ2v) is 6.55. The van der Waals surface area contributed by atoms with Crippen LogP contribution in [0.2, 0.25) is 0 Å². The SMILES string of the molecule is CC(Oc1ccc2ccccc2c1)C(=O)N1CCc2ccccc2C1. The first kappa shape index (κ1) is 15.7. The van der Waals surface area contributed by atoms with Crippen LogP contribution in [0.3, 0.4) is 0 Å². The van der Waals surface area contributed by atoms with Crippen molar-refractivity contribution in [2.75, 3.05) is 6.54 Å². The number of fused-ring (bicyclic) bond motifs is 2. The van der Waals surface area contributed by atoms with Crippen LogP contribution in [0.4, 0.5) is 0 Å². The van der Waals surface area contributed by atoms with E-state index in [2.05, 4.69) is 30.3 Å². The van der Waals surface area contributed by atoms with Crippen molar-refractivity contribution in [2.45, 2.75) is 26.0 Å². The van der Waals surface area contributed by atoms with Gasteiger partial charge in [0.25, 0.3) is 5.91 Å². The molecule has 0 N–H and O–H groups in total. The van der Waals surface area contributed by atoms with Crippen LogP contribution >= 0.6 is 0 Å². The molecule has 0 saturated carbocycles. The van der Waals surface area contributed by atoms with Gasteiger partial charge in [-0.3, -0.25) is 4.79 Å².